The van der Waals surface area contributed by atoms with Gasteiger partial charge in [0.1, 0.15) is 11.8 Å². The zero-order chi connectivity index (χ0) is 24.3. The molecule has 0 aromatic heterocycles. The third-order valence-corrected chi connectivity index (χ3v) is 5.03. The van der Waals surface area contributed by atoms with Gasteiger partial charge in [0, 0.05) is 18.2 Å². The highest BCUT2D eigenvalue weighted by molar-refractivity contribution is 7.80. The smallest absolute Gasteiger partial charge is 0.410 e. The second kappa shape index (κ2) is 13.7. The first-order valence-corrected chi connectivity index (χ1v) is 11.0. The predicted molar refractivity (Wildman–Crippen MR) is 124 cm³/mol. The number of rotatable bonds is 13. The van der Waals surface area contributed by atoms with Gasteiger partial charge in [-0.3, -0.25) is 14.4 Å². The summed E-state index contributed by atoms with van der Waals surface area (Å²) in [5, 5.41) is 4.99. The van der Waals surface area contributed by atoms with Crippen molar-refractivity contribution in [3.8, 4) is 5.75 Å². The second-order valence-electron chi connectivity index (χ2n) is 7.72. The van der Waals surface area contributed by atoms with Crippen molar-refractivity contribution in [1.29, 1.82) is 0 Å². The monoisotopic (exact) mass is 467 g/mol. The van der Waals surface area contributed by atoms with Gasteiger partial charge in [-0.1, -0.05) is 26.0 Å². The molecule has 1 rings (SSSR count). The van der Waals surface area contributed by atoms with E-state index in [2.05, 4.69) is 23.3 Å². The SMILES string of the molecule is CC(C)C(=O)[C@@H](N)Cc1ccc(OC(=O)NCCC[C@H](N)C(=O)N[C@@H](CS)C(N)=O)cc1. The van der Waals surface area contributed by atoms with Crippen molar-refractivity contribution in [3.05, 3.63) is 29.8 Å². The van der Waals surface area contributed by atoms with E-state index in [0.29, 0.717) is 18.6 Å². The van der Waals surface area contributed by atoms with Crippen molar-refractivity contribution in [2.75, 3.05) is 12.3 Å². The standard InChI is InChI=1S/C21H33N5O5S/c1-12(2)18(27)16(23)10-13-5-7-14(8-6-13)31-21(30)25-9-3-4-15(22)20(29)26-17(11-32)19(24)28/h5-8,12,15-17,32H,3-4,9-11,22-23H2,1-2H3,(H2,24,28)(H,25,30)(H,26,29)/t15-,16-,17-/m0/s1. The minimum atomic E-state index is -0.886. The van der Waals surface area contributed by atoms with Gasteiger partial charge in [-0.15, -0.1) is 0 Å². The van der Waals surface area contributed by atoms with Crippen LogP contribution in [0.15, 0.2) is 24.3 Å². The van der Waals surface area contributed by atoms with E-state index in [1.165, 1.54) is 0 Å². The molecule has 3 amide bonds. The van der Waals surface area contributed by atoms with E-state index in [9.17, 15) is 19.2 Å². The Balaban J connectivity index is 2.35. The van der Waals surface area contributed by atoms with Crippen LogP contribution in [0.2, 0.25) is 0 Å². The fraction of sp³-hybridized carbons (Fsp3) is 0.524. The average Bonchev–Trinajstić information content (AvgIpc) is 2.74. The number of nitrogens with one attached hydrogen (secondary N) is 2. The summed E-state index contributed by atoms with van der Waals surface area (Å²) in [4.78, 5) is 46.9. The predicted octanol–water partition coefficient (Wildman–Crippen LogP) is -0.123. The van der Waals surface area contributed by atoms with Crippen LogP contribution in [-0.4, -0.2) is 54.1 Å². The molecule has 0 fully saturated rings. The number of hydrogen-bond donors (Lipinski definition) is 6. The molecule has 0 spiro atoms. The lowest BCUT2D eigenvalue weighted by Gasteiger charge is -2.17. The first kappa shape index (κ1) is 27.4. The zero-order valence-corrected chi connectivity index (χ0v) is 19.3. The summed E-state index contributed by atoms with van der Waals surface area (Å²) in [6.45, 7) is 3.86. The fourth-order valence-corrected chi connectivity index (χ4v) is 3.02. The van der Waals surface area contributed by atoms with Gasteiger partial charge in [-0.05, 0) is 37.0 Å². The van der Waals surface area contributed by atoms with Crippen LogP contribution in [0.1, 0.15) is 32.3 Å². The summed E-state index contributed by atoms with van der Waals surface area (Å²) in [6, 6.07) is 4.43. The number of ether oxygens (including phenoxy) is 1. The van der Waals surface area contributed by atoms with Crippen molar-refractivity contribution in [1.82, 2.24) is 10.6 Å². The lowest BCUT2D eigenvalue weighted by Crippen LogP contribution is -2.51. The molecule has 1 aromatic rings. The van der Waals surface area contributed by atoms with Gasteiger partial charge in [0.2, 0.25) is 11.8 Å². The third kappa shape index (κ3) is 9.67. The molecule has 0 radical (unpaired) electrons. The van der Waals surface area contributed by atoms with Gasteiger partial charge in [0.25, 0.3) is 0 Å². The zero-order valence-electron chi connectivity index (χ0n) is 18.4. The van der Waals surface area contributed by atoms with Gasteiger partial charge in [0.05, 0.1) is 12.1 Å². The van der Waals surface area contributed by atoms with Crippen LogP contribution in [0.5, 0.6) is 5.75 Å². The number of Topliss-reactive ketones (excluding diaryl/α,β-unsaturated/α-hetero) is 1. The molecule has 0 aliphatic carbocycles. The van der Waals surface area contributed by atoms with Crippen LogP contribution in [0, 0.1) is 5.92 Å². The van der Waals surface area contributed by atoms with Crippen LogP contribution in [0.4, 0.5) is 4.79 Å². The average molecular weight is 468 g/mol. The molecular formula is C21H33N5O5S. The third-order valence-electron chi connectivity index (χ3n) is 4.66. The van der Waals surface area contributed by atoms with Crippen molar-refractivity contribution in [2.24, 2.45) is 23.1 Å². The Kier molecular flexibility index (Phi) is 11.7. The molecule has 0 unspecified atom stereocenters. The van der Waals surface area contributed by atoms with E-state index in [1.807, 2.05) is 13.8 Å². The number of carbonyl (C=O) groups excluding carboxylic acids is 4. The van der Waals surface area contributed by atoms with Crippen molar-refractivity contribution < 1.29 is 23.9 Å². The number of carbonyl (C=O) groups is 4. The number of hydrogen-bond acceptors (Lipinski definition) is 8. The molecule has 178 valence electrons. The Hall–Kier alpha value is -2.63. The molecule has 0 saturated carbocycles. The number of benzene rings is 1. The summed E-state index contributed by atoms with van der Waals surface area (Å²) in [5.41, 5.74) is 17.7. The molecule has 11 heteroatoms. The molecule has 32 heavy (non-hydrogen) atoms. The molecule has 8 N–H and O–H groups in total. The maximum Gasteiger partial charge on any atom is 0.412 e. The number of amides is 3. The highest BCUT2D eigenvalue weighted by Gasteiger charge is 2.20. The van der Waals surface area contributed by atoms with Gasteiger partial charge < -0.3 is 32.6 Å². The number of primary amides is 1. The van der Waals surface area contributed by atoms with Crippen LogP contribution >= 0.6 is 12.6 Å². The van der Waals surface area contributed by atoms with Crippen LogP contribution in [-0.2, 0) is 20.8 Å². The van der Waals surface area contributed by atoms with Gasteiger partial charge >= 0.3 is 6.09 Å². The maximum absolute atomic E-state index is 11.9. The molecule has 10 nitrogen and oxygen atoms in total. The minimum absolute atomic E-state index is 0.00343. The summed E-state index contributed by atoms with van der Waals surface area (Å²) in [6.07, 6.45) is 0.470. The fourth-order valence-electron chi connectivity index (χ4n) is 2.75. The van der Waals surface area contributed by atoms with Crippen LogP contribution < -0.4 is 32.6 Å². The first-order chi connectivity index (χ1) is 15.0. The van der Waals surface area contributed by atoms with E-state index >= 15 is 0 Å². The first-order valence-electron chi connectivity index (χ1n) is 10.3. The number of thiol groups is 1. The molecule has 0 bridgehead atoms. The van der Waals surface area contributed by atoms with E-state index < -0.39 is 36.0 Å². The van der Waals surface area contributed by atoms with Gasteiger partial charge in [-0.25, -0.2) is 4.79 Å². The summed E-state index contributed by atoms with van der Waals surface area (Å²) < 4.78 is 5.19. The molecule has 1 aromatic carbocycles. The lowest BCUT2D eigenvalue weighted by molar-refractivity contribution is -0.127. The second-order valence-corrected chi connectivity index (χ2v) is 8.09. The Bertz CT molecular complexity index is 787. The molecule has 0 saturated heterocycles. The molecular weight excluding hydrogens is 434 g/mol. The summed E-state index contributed by atoms with van der Waals surface area (Å²) in [7, 11) is 0. The Labute approximate surface area is 193 Å². The molecule has 0 heterocycles. The van der Waals surface area contributed by atoms with E-state index in [4.69, 9.17) is 21.9 Å². The molecule has 0 aliphatic heterocycles. The quantitative estimate of drug-likeness (QED) is 0.173. The Morgan fingerprint density at radius 3 is 2.22 bits per heavy atom. The highest BCUT2D eigenvalue weighted by Crippen LogP contribution is 2.14. The molecule has 3 atom stereocenters. The van der Waals surface area contributed by atoms with Crippen molar-refractivity contribution in [3.63, 3.8) is 0 Å². The Morgan fingerprint density at radius 1 is 1.06 bits per heavy atom. The summed E-state index contributed by atoms with van der Waals surface area (Å²) >= 11 is 3.95. The number of ketones is 1. The highest BCUT2D eigenvalue weighted by atomic mass is 32.1. The van der Waals surface area contributed by atoms with E-state index in [0.717, 1.165) is 5.56 Å². The van der Waals surface area contributed by atoms with Crippen LogP contribution in [0.3, 0.4) is 0 Å². The maximum atomic E-state index is 11.9. The topological polar surface area (TPSA) is 180 Å². The normalized spacial score (nSPS) is 13.7. The van der Waals surface area contributed by atoms with Crippen LogP contribution in [0.25, 0.3) is 0 Å². The van der Waals surface area contributed by atoms with Gasteiger partial charge in [-0.2, -0.15) is 12.6 Å². The van der Waals surface area contributed by atoms with Crippen molar-refractivity contribution in [2.45, 2.75) is 51.2 Å². The van der Waals surface area contributed by atoms with E-state index in [-0.39, 0.29) is 30.4 Å². The van der Waals surface area contributed by atoms with Gasteiger partial charge in [0.15, 0.2) is 5.78 Å². The lowest BCUT2D eigenvalue weighted by atomic mass is 9.96. The Morgan fingerprint density at radius 2 is 1.69 bits per heavy atom. The number of nitrogens with two attached hydrogens (primary N) is 3. The minimum Gasteiger partial charge on any atom is -0.410 e. The largest absolute Gasteiger partial charge is 0.412 e. The summed E-state index contributed by atoms with van der Waals surface area (Å²) in [5.74, 6) is -0.914. The van der Waals surface area contributed by atoms with E-state index in [1.54, 1.807) is 24.3 Å². The molecule has 0 aliphatic rings. The van der Waals surface area contributed by atoms with Crippen molar-refractivity contribution >= 4 is 36.3 Å².